The smallest absolute Gasteiger partial charge is 0.118 e. The highest BCUT2D eigenvalue weighted by Crippen LogP contribution is 2.37. The number of benzene rings is 2. The van der Waals surface area contributed by atoms with E-state index >= 15 is 0 Å². The maximum absolute atomic E-state index is 5.32. The van der Waals surface area contributed by atoms with Crippen LogP contribution in [0.15, 0.2) is 78.0 Å². The number of rotatable bonds is 6. The quantitative estimate of drug-likeness (QED) is 0.555. The van der Waals surface area contributed by atoms with Gasteiger partial charge in [-0.25, -0.2) is 0 Å². The van der Waals surface area contributed by atoms with Crippen LogP contribution >= 0.6 is 0 Å². The number of hydrogen-bond acceptors (Lipinski definition) is 5. The summed E-state index contributed by atoms with van der Waals surface area (Å²) in [5, 5.41) is 7.02. The van der Waals surface area contributed by atoms with Crippen LogP contribution < -0.4 is 14.5 Å². The van der Waals surface area contributed by atoms with Crippen LogP contribution in [-0.2, 0) is 0 Å². The molecule has 0 saturated heterocycles. The number of hydrazone groups is 1. The topological polar surface area (TPSA) is 47.0 Å². The minimum Gasteiger partial charge on any atom is -0.497 e. The third kappa shape index (κ3) is 4.20. The zero-order valence-electron chi connectivity index (χ0n) is 17.4. The minimum absolute atomic E-state index is 0.106. The van der Waals surface area contributed by atoms with Crippen molar-refractivity contribution in [2.45, 2.75) is 19.4 Å². The maximum atomic E-state index is 5.32. The van der Waals surface area contributed by atoms with Crippen molar-refractivity contribution in [3.8, 4) is 11.5 Å². The molecule has 1 aromatic heterocycles. The van der Waals surface area contributed by atoms with Crippen molar-refractivity contribution in [3.05, 3.63) is 89.8 Å². The van der Waals surface area contributed by atoms with Crippen LogP contribution in [0.3, 0.4) is 0 Å². The van der Waals surface area contributed by atoms with Gasteiger partial charge in [-0.1, -0.05) is 30.3 Å². The Kier molecular flexibility index (Phi) is 5.80. The molecule has 30 heavy (non-hydrogen) atoms. The van der Waals surface area contributed by atoms with E-state index in [0.29, 0.717) is 0 Å². The average molecular weight is 399 g/mol. The fraction of sp³-hybridized carbons (Fsp3) is 0.200. The van der Waals surface area contributed by atoms with Gasteiger partial charge in [0.15, 0.2) is 0 Å². The summed E-state index contributed by atoms with van der Waals surface area (Å²) in [6, 6.07) is 20.3. The van der Waals surface area contributed by atoms with E-state index < -0.39 is 0 Å². The molecule has 1 atom stereocenters. The van der Waals surface area contributed by atoms with Crippen LogP contribution in [0.2, 0.25) is 0 Å². The third-order valence-electron chi connectivity index (χ3n) is 5.24. The average Bonchev–Trinajstić information content (AvgIpc) is 3.22. The lowest BCUT2D eigenvalue weighted by Crippen LogP contribution is -2.19. The van der Waals surface area contributed by atoms with Crippen molar-refractivity contribution in [1.29, 1.82) is 0 Å². The predicted molar refractivity (Wildman–Crippen MR) is 121 cm³/mol. The van der Waals surface area contributed by atoms with Crippen LogP contribution in [0.4, 0.5) is 5.69 Å². The summed E-state index contributed by atoms with van der Waals surface area (Å²) < 4.78 is 10.5. The molecule has 0 aliphatic carbocycles. The molecule has 0 spiro atoms. The van der Waals surface area contributed by atoms with Crippen molar-refractivity contribution in [2.24, 2.45) is 5.10 Å². The first-order valence-electron chi connectivity index (χ1n) is 9.92. The van der Waals surface area contributed by atoms with Crippen molar-refractivity contribution in [3.63, 3.8) is 0 Å². The van der Waals surface area contributed by atoms with E-state index in [1.807, 2.05) is 55.6 Å². The van der Waals surface area contributed by atoms with E-state index in [9.17, 15) is 0 Å². The van der Waals surface area contributed by atoms with Gasteiger partial charge >= 0.3 is 0 Å². The Labute approximate surface area is 177 Å². The number of aromatic nitrogens is 1. The maximum Gasteiger partial charge on any atom is 0.118 e. The van der Waals surface area contributed by atoms with Gasteiger partial charge in [0.1, 0.15) is 11.5 Å². The summed E-state index contributed by atoms with van der Waals surface area (Å²) in [6.45, 7) is 2.02. The van der Waals surface area contributed by atoms with E-state index in [1.54, 1.807) is 14.2 Å². The van der Waals surface area contributed by atoms with E-state index in [-0.39, 0.29) is 6.04 Å². The standard InChI is InChI=1S/C25H25N3O2/c1-18-24(5-4-16-26-18)28-25(20-9-14-23(30-3)15-10-20)17-21(27-28)11-6-19-7-12-22(29-2)13-8-19/h4-16,25H,17H2,1-3H3. The highest BCUT2D eigenvalue weighted by molar-refractivity contribution is 6.01. The highest BCUT2D eigenvalue weighted by Gasteiger charge is 2.29. The molecule has 3 aromatic rings. The molecule has 0 saturated carbocycles. The van der Waals surface area contributed by atoms with Gasteiger partial charge in [0.05, 0.1) is 37.4 Å². The van der Waals surface area contributed by atoms with E-state index in [2.05, 4.69) is 40.3 Å². The van der Waals surface area contributed by atoms with Crippen LogP contribution in [0.25, 0.3) is 6.08 Å². The molecule has 0 fully saturated rings. The number of allylic oxidation sites excluding steroid dienone is 1. The Balaban J connectivity index is 1.63. The molecule has 1 aliphatic heterocycles. The molecular weight excluding hydrogens is 374 g/mol. The fourth-order valence-electron chi connectivity index (χ4n) is 3.57. The summed E-state index contributed by atoms with van der Waals surface area (Å²) >= 11 is 0. The summed E-state index contributed by atoms with van der Waals surface area (Å²) in [5.74, 6) is 1.70. The molecule has 1 unspecified atom stereocenters. The summed E-state index contributed by atoms with van der Waals surface area (Å²) in [5.41, 5.74) is 5.30. The van der Waals surface area contributed by atoms with Gasteiger partial charge in [-0.05, 0) is 60.5 Å². The van der Waals surface area contributed by atoms with Crippen molar-refractivity contribution in [2.75, 3.05) is 19.2 Å². The molecule has 5 heteroatoms. The molecule has 1 aliphatic rings. The summed E-state index contributed by atoms with van der Waals surface area (Å²) in [7, 11) is 3.35. The molecule has 0 bridgehead atoms. The monoisotopic (exact) mass is 399 g/mol. The molecule has 5 nitrogen and oxygen atoms in total. The van der Waals surface area contributed by atoms with Crippen LogP contribution in [-0.4, -0.2) is 24.9 Å². The van der Waals surface area contributed by atoms with Gasteiger partial charge in [0, 0.05) is 12.6 Å². The second kappa shape index (κ2) is 8.82. The molecule has 152 valence electrons. The number of aryl methyl sites for hydroxylation is 1. The van der Waals surface area contributed by atoms with Crippen LogP contribution in [0, 0.1) is 6.92 Å². The lowest BCUT2D eigenvalue weighted by molar-refractivity contribution is 0.414. The van der Waals surface area contributed by atoms with Gasteiger partial charge in [-0.2, -0.15) is 5.10 Å². The molecule has 2 heterocycles. The first-order chi connectivity index (χ1) is 14.7. The molecule has 0 N–H and O–H groups in total. The van der Waals surface area contributed by atoms with Gasteiger partial charge < -0.3 is 9.47 Å². The van der Waals surface area contributed by atoms with Gasteiger partial charge in [-0.15, -0.1) is 0 Å². The molecule has 4 rings (SSSR count). The summed E-state index contributed by atoms with van der Waals surface area (Å²) in [6.07, 6.45) is 6.80. The Hall–Kier alpha value is -3.60. The molecular formula is C25H25N3O2. The Morgan fingerprint density at radius 3 is 2.20 bits per heavy atom. The van der Waals surface area contributed by atoms with E-state index in [1.165, 1.54) is 5.56 Å². The Bertz CT molecular complexity index is 1060. The number of pyridine rings is 1. The number of hydrogen-bond donors (Lipinski definition) is 0. The van der Waals surface area contributed by atoms with Crippen molar-refractivity contribution in [1.82, 2.24) is 4.98 Å². The molecule has 0 radical (unpaired) electrons. The molecule has 0 amide bonds. The Morgan fingerprint density at radius 2 is 1.57 bits per heavy atom. The minimum atomic E-state index is 0.106. The third-order valence-corrected chi connectivity index (χ3v) is 5.24. The second-order valence-corrected chi connectivity index (χ2v) is 7.14. The predicted octanol–water partition coefficient (Wildman–Crippen LogP) is 5.43. The van der Waals surface area contributed by atoms with Gasteiger partial charge in [0.25, 0.3) is 0 Å². The SMILES string of the molecule is COc1ccc(C=CC2=NN(c3cccnc3C)C(c3ccc(OC)cc3)C2)cc1. The zero-order chi connectivity index (χ0) is 20.9. The highest BCUT2D eigenvalue weighted by atomic mass is 16.5. The van der Waals surface area contributed by atoms with Crippen molar-refractivity contribution < 1.29 is 9.47 Å². The number of methoxy groups -OCH3 is 2. The zero-order valence-corrected chi connectivity index (χ0v) is 17.4. The normalized spacial score (nSPS) is 16.0. The van der Waals surface area contributed by atoms with Gasteiger partial charge in [0.2, 0.25) is 0 Å². The van der Waals surface area contributed by atoms with Gasteiger partial charge in [-0.3, -0.25) is 9.99 Å². The first-order valence-corrected chi connectivity index (χ1v) is 9.92. The number of nitrogens with zero attached hydrogens (tertiary/aromatic N) is 3. The first kappa shape index (κ1) is 19.7. The largest absolute Gasteiger partial charge is 0.497 e. The number of ether oxygens (including phenoxy) is 2. The second-order valence-electron chi connectivity index (χ2n) is 7.14. The summed E-state index contributed by atoms with van der Waals surface area (Å²) in [4.78, 5) is 4.45. The molecule has 2 aromatic carbocycles. The van der Waals surface area contributed by atoms with Crippen LogP contribution in [0.5, 0.6) is 11.5 Å². The number of anilines is 1. The fourth-order valence-corrected chi connectivity index (χ4v) is 3.57. The van der Waals surface area contributed by atoms with E-state index in [4.69, 9.17) is 14.6 Å². The Morgan fingerprint density at radius 1 is 0.900 bits per heavy atom. The van der Waals surface area contributed by atoms with E-state index in [0.717, 1.165) is 40.6 Å². The van der Waals surface area contributed by atoms with Crippen molar-refractivity contribution >= 4 is 17.5 Å². The van der Waals surface area contributed by atoms with Crippen LogP contribution in [0.1, 0.15) is 29.3 Å². The lowest BCUT2D eigenvalue weighted by atomic mass is 10.0. The lowest BCUT2D eigenvalue weighted by Gasteiger charge is -2.25.